The van der Waals surface area contributed by atoms with Gasteiger partial charge in [0.25, 0.3) is 5.91 Å². The summed E-state index contributed by atoms with van der Waals surface area (Å²) in [6, 6.07) is 10.2. The van der Waals surface area contributed by atoms with Crippen molar-refractivity contribution in [1.29, 1.82) is 0 Å². The fraction of sp³-hybridized carbons (Fsp3) is 0.409. The number of likely N-dealkylation sites (tertiary alicyclic amines) is 1. The number of benzene rings is 1. The van der Waals surface area contributed by atoms with Crippen molar-refractivity contribution in [3.8, 4) is 0 Å². The van der Waals surface area contributed by atoms with Gasteiger partial charge in [-0.15, -0.1) is 11.3 Å². The molecule has 2 heterocycles. The zero-order valence-corrected chi connectivity index (χ0v) is 17.1. The Balaban J connectivity index is 1.75. The third-order valence-electron chi connectivity index (χ3n) is 5.60. The van der Waals surface area contributed by atoms with Crippen molar-refractivity contribution in [3.63, 3.8) is 0 Å². The van der Waals surface area contributed by atoms with Crippen molar-refractivity contribution < 1.29 is 18.0 Å². The van der Waals surface area contributed by atoms with Crippen LogP contribution in [0.2, 0.25) is 0 Å². The van der Waals surface area contributed by atoms with Crippen molar-refractivity contribution >= 4 is 22.8 Å². The maximum absolute atomic E-state index is 12.5. The number of amides is 1. The maximum atomic E-state index is 12.5. The Bertz CT molecular complexity index is 951. The van der Waals surface area contributed by atoms with Gasteiger partial charge in [0.15, 0.2) is 0 Å². The molecule has 1 amide bonds. The van der Waals surface area contributed by atoms with Crippen LogP contribution in [-0.4, -0.2) is 43.7 Å². The lowest BCUT2D eigenvalue weighted by Crippen LogP contribution is -2.33. The summed E-state index contributed by atoms with van der Waals surface area (Å²) in [5.74, 6) is -0.651. The van der Waals surface area contributed by atoms with Crippen LogP contribution in [0.1, 0.15) is 44.1 Å². The summed E-state index contributed by atoms with van der Waals surface area (Å²) in [6.45, 7) is 0.663. The van der Waals surface area contributed by atoms with Gasteiger partial charge in [-0.1, -0.05) is 29.8 Å². The second kappa shape index (κ2) is 7.95. The van der Waals surface area contributed by atoms with E-state index in [1.165, 1.54) is 33.6 Å². The van der Waals surface area contributed by atoms with E-state index in [0.29, 0.717) is 4.88 Å². The molecule has 0 spiro atoms. The summed E-state index contributed by atoms with van der Waals surface area (Å²) in [4.78, 5) is 16.1. The van der Waals surface area contributed by atoms with Gasteiger partial charge in [0.1, 0.15) is 6.54 Å². The van der Waals surface area contributed by atoms with Gasteiger partial charge in [-0.05, 0) is 61.1 Å². The summed E-state index contributed by atoms with van der Waals surface area (Å²) in [5, 5.41) is 2.01. The number of halogens is 3. The molecular formula is C22H23F3N2OS. The van der Waals surface area contributed by atoms with Gasteiger partial charge in [0.2, 0.25) is 0 Å². The first-order valence-electron chi connectivity index (χ1n) is 9.79. The third kappa shape index (κ3) is 4.41. The van der Waals surface area contributed by atoms with Crippen LogP contribution in [0, 0.1) is 0 Å². The number of nitrogens with zero attached hydrogens (tertiary/aromatic N) is 1. The average Bonchev–Trinajstić information content (AvgIpc) is 3.04. The summed E-state index contributed by atoms with van der Waals surface area (Å²) in [7, 11) is 2.11. The van der Waals surface area contributed by atoms with Crippen LogP contribution < -0.4 is 5.32 Å². The van der Waals surface area contributed by atoms with E-state index in [1.807, 2.05) is 17.4 Å². The second-order valence-electron chi connectivity index (χ2n) is 7.68. The Morgan fingerprint density at radius 3 is 2.55 bits per heavy atom. The maximum Gasteiger partial charge on any atom is 0.405 e. The van der Waals surface area contributed by atoms with Gasteiger partial charge >= 0.3 is 6.18 Å². The van der Waals surface area contributed by atoms with Crippen LogP contribution in [-0.2, 0) is 12.8 Å². The van der Waals surface area contributed by atoms with E-state index < -0.39 is 18.6 Å². The molecule has 1 saturated heterocycles. The van der Waals surface area contributed by atoms with Crippen LogP contribution in [0.3, 0.4) is 0 Å². The number of rotatable bonds is 2. The molecule has 29 heavy (non-hydrogen) atoms. The Morgan fingerprint density at radius 1 is 1.10 bits per heavy atom. The fourth-order valence-electron chi connectivity index (χ4n) is 4.10. The first kappa shape index (κ1) is 20.2. The van der Waals surface area contributed by atoms with Crippen LogP contribution in [0.5, 0.6) is 0 Å². The quantitative estimate of drug-likeness (QED) is 0.766. The molecule has 2 aliphatic rings. The summed E-state index contributed by atoms with van der Waals surface area (Å²) >= 11 is 1.32. The zero-order chi connectivity index (χ0) is 20.6. The molecule has 0 atom stereocenters. The number of hydrogen-bond donors (Lipinski definition) is 1. The highest BCUT2D eigenvalue weighted by Gasteiger charge is 2.30. The van der Waals surface area contributed by atoms with Crippen molar-refractivity contribution in [3.05, 3.63) is 62.3 Å². The molecule has 1 N–H and O–H groups in total. The van der Waals surface area contributed by atoms with E-state index in [2.05, 4.69) is 24.1 Å². The van der Waals surface area contributed by atoms with Gasteiger partial charge in [-0.3, -0.25) is 4.79 Å². The molecule has 7 heteroatoms. The highest BCUT2D eigenvalue weighted by Crippen LogP contribution is 2.41. The van der Waals surface area contributed by atoms with E-state index in [4.69, 9.17) is 0 Å². The molecule has 3 nitrogen and oxygen atoms in total. The Hall–Kier alpha value is -2.12. The molecule has 1 aliphatic heterocycles. The predicted molar refractivity (Wildman–Crippen MR) is 109 cm³/mol. The van der Waals surface area contributed by atoms with E-state index in [0.717, 1.165) is 49.2 Å². The number of carbonyl (C=O) groups is 1. The normalized spacial score (nSPS) is 17.5. The Labute approximate surface area is 172 Å². The Kier molecular flexibility index (Phi) is 5.53. The lowest BCUT2D eigenvalue weighted by Gasteiger charge is -2.27. The van der Waals surface area contributed by atoms with Crippen molar-refractivity contribution in [2.24, 2.45) is 0 Å². The van der Waals surface area contributed by atoms with E-state index in [-0.39, 0.29) is 0 Å². The lowest BCUT2D eigenvalue weighted by molar-refractivity contribution is -0.123. The molecule has 1 fully saturated rings. The molecule has 4 rings (SSSR count). The zero-order valence-electron chi connectivity index (χ0n) is 16.2. The number of piperidine rings is 1. The van der Waals surface area contributed by atoms with Gasteiger partial charge in [0, 0.05) is 18.0 Å². The summed E-state index contributed by atoms with van der Waals surface area (Å²) in [5.41, 5.74) is 6.08. The minimum atomic E-state index is -4.41. The lowest BCUT2D eigenvalue weighted by atomic mass is 9.87. The van der Waals surface area contributed by atoms with Crippen LogP contribution in [0.25, 0.3) is 5.57 Å². The number of thiophene rings is 1. The number of aryl methyl sites for hydroxylation is 2. The number of nitrogens with one attached hydrogen (secondary N) is 1. The molecule has 0 bridgehead atoms. The SMILES string of the molecule is CN1CCC(=C2c3ccccc3CCc3sc(C(=O)NCC(F)(F)F)cc32)CC1. The predicted octanol–water partition coefficient (Wildman–Crippen LogP) is 4.67. The van der Waals surface area contributed by atoms with Crippen LogP contribution >= 0.6 is 11.3 Å². The largest absolute Gasteiger partial charge is 0.405 e. The van der Waals surface area contributed by atoms with Gasteiger partial charge in [0.05, 0.1) is 4.88 Å². The number of carbonyl (C=O) groups excluding carboxylic acids is 1. The highest BCUT2D eigenvalue weighted by atomic mass is 32.1. The molecule has 154 valence electrons. The number of alkyl halides is 3. The van der Waals surface area contributed by atoms with Crippen LogP contribution in [0.4, 0.5) is 13.2 Å². The molecule has 1 aliphatic carbocycles. The van der Waals surface area contributed by atoms with Gasteiger partial charge in [-0.2, -0.15) is 13.2 Å². The molecule has 1 aromatic heterocycles. The molecule has 0 saturated carbocycles. The molecular weight excluding hydrogens is 397 g/mol. The second-order valence-corrected chi connectivity index (χ2v) is 8.82. The molecule has 0 radical (unpaired) electrons. The minimum Gasteiger partial charge on any atom is -0.342 e. The summed E-state index contributed by atoms with van der Waals surface area (Å²) in [6.07, 6.45) is -0.829. The smallest absolute Gasteiger partial charge is 0.342 e. The van der Waals surface area contributed by atoms with E-state index >= 15 is 0 Å². The third-order valence-corrected chi connectivity index (χ3v) is 6.80. The summed E-state index contributed by atoms with van der Waals surface area (Å²) < 4.78 is 37.5. The first-order chi connectivity index (χ1) is 13.8. The highest BCUT2D eigenvalue weighted by molar-refractivity contribution is 7.14. The standard InChI is InChI=1S/C22H23F3N2OS/c1-27-10-8-15(9-11-27)20-16-5-3-2-4-14(16)6-7-18-17(20)12-19(29-18)21(28)26-13-22(23,24)25/h2-5,12H,6-11,13H2,1H3,(H,26,28). The molecule has 2 aromatic rings. The first-order valence-corrected chi connectivity index (χ1v) is 10.6. The minimum absolute atomic E-state index is 0.352. The topological polar surface area (TPSA) is 32.3 Å². The molecule has 0 unspecified atom stereocenters. The van der Waals surface area contributed by atoms with Crippen LogP contribution in [0.15, 0.2) is 35.9 Å². The fourth-order valence-corrected chi connectivity index (χ4v) is 5.18. The van der Waals surface area contributed by atoms with Crippen molar-refractivity contribution in [2.45, 2.75) is 31.9 Å². The van der Waals surface area contributed by atoms with Crippen molar-refractivity contribution in [1.82, 2.24) is 10.2 Å². The monoisotopic (exact) mass is 420 g/mol. The average molecular weight is 421 g/mol. The van der Waals surface area contributed by atoms with E-state index in [1.54, 1.807) is 6.07 Å². The Morgan fingerprint density at radius 2 is 1.83 bits per heavy atom. The van der Waals surface area contributed by atoms with E-state index in [9.17, 15) is 18.0 Å². The molecule has 1 aromatic carbocycles. The number of fused-ring (bicyclic) bond motifs is 2. The van der Waals surface area contributed by atoms with Gasteiger partial charge < -0.3 is 10.2 Å². The van der Waals surface area contributed by atoms with Gasteiger partial charge in [-0.25, -0.2) is 0 Å². The van der Waals surface area contributed by atoms with Crippen molar-refractivity contribution in [2.75, 3.05) is 26.7 Å². The number of hydrogen-bond acceptors (Lipinski definition) is 3.